The molecule has 2 aromatic carbocycles. The third-order valence-electron chi connectivity index (χ3n) is 3.84. The fourth-order valence-electron chi connectivity index (χ4n) is 2.57. The van der Waals surface area contributed by atoms with Gasteiger partial charge in [0.05, 0.1) is 0 Å². The van der Waals surface area contributed by atoms with Gasteiger partial charge in [-0.05, 0) is 43.7 Å². The summed E-state index contributed by atoms with van der Waals surface area (Å²) in [4.78, 5) is 25.5. The van der Waals surface area contributed by atoms with E-state index in [-0.39, 0.29) is 24.9 Å². The van der Waals surface area contributed by atoms with Gasteiger partial charge in [0.2, 0.25) is 5.91 Å². The van der Waals surface area contributed by atoms with Gasteiger partial charge >= 0.3 is 0 Å². The van der Waals surface area contributed by atoms with Crippen LogP contribution < -0.4 is 5.73 Å². The Morgan fingerprint density at radius 2 is 1.68 bits per heavy atom. The maximum atomic E-state index is 12.9. The van der Waals surface area contributed by atoms with Crippen molar-refractivity contribution in [2.45, 2.75) is 26.3 Å². The number of amides is 2. The Labute approximate surface area is 157 Å². The monoisotopic (exact) mass is 378 g/mol. The summed E-state index contributed by atoms with van der Waals surface area (Å²) in [6, 6.07) is 12.4. The van der Waals surface area contributed by atoms with E-state index in [1.807, 2.05) is 19.9 Å². The third kappa shape index (κ3) is 4.74. The Morgan fingerprint density at radius 1 is 1.08 bits per heavy atom. The number of nitrogens with two attached hydrogens (primary N) is 1. The third-order valence-corrected chi connectivity index (χ3v) is 4.47. The number of primary amides is 1. The van der Waals surface area contributed by atoms with Crippen LogP contribution in [0, 0.1) is 0 Å². The summed E-state index contributed by atoms with van der Waals surface area (Å²) in [6.45, 7) is 4.07. The molecule has 0 heterocycles. The lowest BCUT2D eigenvalue weighted by Gasteiger charge is -2.26. The van der Waals surface area contributed by atoms with E-state index in [9.17, 15) is 9.59 Å². The highest BCUT2D eigenvalue weighted by Crippen LogP contribution is 2.35. The molecule has 6 heteroatoms. The van der Waals surface area contributed by atoms with Gasteiger partial charge < -0.3 is 10.6 Å². The molecule has 2 amide bonds. The maximum absolute atomic E-state index is 12.9. The van der Waals surface area contributed by atoms with Crippen LogP contribution in [0.2, 0.25) is 10.0 Å². The van der Waals surface area contributed by atoms with Gasteiger partial charge in [-0.3, -0.25) is 9.59 Å². The second-order valence-corrected chi connectivity index (χ2v) is 6.80. The van der Waals surface area contributed by atoms with Gasteiger partial charge in [-0.2, -0.15) is 0 Å². The van der Waals surface area contributed by atoms with Crippen LogP contribution in [0.4, 0.5) is 0 Å². The molecule has 0 aliphatic heterocycles. The molecule has 2 N–H and O–H groups in total. The van der Waals surface area contributed by atoms with E-state index < -0.39 is 5.91 Å². The number of hydrogen-bond donors (Lipinski definition) is 1. The maximum Gasteiger partial charge on any atom is 0.254 e. The molecule has 0 atom stereocenters. The zero-order valence-corrected chi connectivity index (χ0v) is 15.6. The Hall–Kier alpha value is -2.04. The Bertz CT molecular complexity index is 770. The first-order valence-electron chi connectivity index (χ1n) is 7.95. The molecule has 0 saturated heterocycles. The Balaban J connectivity index is 2.37. The first-order valence-corrected chi connectivity index (χ1v) is 8.70. The van der Waals surface area contributed by atoms with Crippen LogP contribution in [0.3, 0.4) is 0 Å². The van der Waals surface area contributed by atoms with Crippen LogP contribution in [0.25, 0.3) is 11.1 Å². The molecule has 0 aliphatic carbocycles. The zero-order valence-electron chi connectivity index (χ0n) is 14.1. The molecular weight excluding hydrogens is 359 g/mol. The van der Waals surface area contributed by atoms with E-state index in [1.54, 1.807) is 41.3 Å². The van der Waals surface area contributed by atoms with Gasteiger partial charge in [-0.1, -0.05) is 41.4 Å². The van der Waals surface area contributed by atoms with E-state index in [0.717, 1.165) is 5.56 Å². The van der Waals surface area contributed by atoms with Crippen LogP contribution in [0.1, 0.15) is 30.6 Å². The highest BCUT2D eigenvalue weighted by molar-refractivity contribution is 6.39. The summed E-state index contributed by atoms with van der Waals surface area (Å²) >= 11 is 12.5. The SMILES string of the molecule is CC(C)N(CCC(N)=O)C(=O)c1cccc(-c2c(Cl)cccc2Cl)c1. The lowest BCUT2D eigenvalue weighted by atomic mass is 10.0. The molecule has 0 aromatic heterocycles. The highest BCUT2D eigenvalue weighted by Gasteiger charge is 2.20. The molecule has 0 saturated carbocycles. The van der Waals surface area contributed by atoms with Crippen LogP contribution >= 0.6 is 23.2 Å². The molecule has 0 spiro atoms. The van der Waals surface area contributed by atoms with Crippen LogP contribution in [-0.2, 0) is 4.79 Å². The normalized spacial score (nSPS) is 10.8. The van der Waals surface area contributed by atoms with Crippen molar-refractivity contribution in [3.8, 4) is 11.1 Å². The molecule has 132 valence electrons. The van der Waals surface area contributed by atoms with Crippen molar-refractivity contribution in [2.75, 3.05) is 6.54 Å². The van der Waals surface area contributed by atoms with Gasteiger partial charge in [-0.15, -0.1) is 0 Å². The molecule has 2 aromatic rings. The van der Waals surface area contributed by atoms with E-state index in [4.69, 9.17) is 28.9 Å². The van der Waals surface area contributed by atoms with Crippen LogP contribution in [0.5, 0.6) is 0 Å². The summed E-state index contributed by atoms with van der Waals surface area (Å²) in [7, 11) is 0. The molecule has 0 radical (unpaired) electrons. The lowest BCUT2D eigenvalue weighted by molar-refractivity contribution is -0.118. The highest BCUT2D eigenvalue weighted by atomic mass is 35.5. The van der Waals surface area contributed by atoms with E-state index in [1.165, 1.54) is 0 Å². The minimum absolute atomic E-state index is 0.0561. The average Bonchev–Trinajstić information content (AvgIpc) is 2.54. The smallest absolute Gasteiger partial charge is 0.254 e. The van der Waals surface area contributed by atoms with Gasteiger partial charge in [0.15, 0.2) is 0 Å². The summed E-state index contributed by atoms with van der Waals surface area (Å²) in [5.41, 5.74) is 7.17. The standard InChI is InChI=1S/C19H20Cl2N2O2/c1-12(2)23(10-9-17(22)24)19(25)14-6-3-5-13(11-14)18-15(20)7-4-8-16(18)21/h3-8,11-12H,9-10H2,1-2H3,(H2,22,24). The molecule has 4 nitrogen and oxygen atoms in total. The second-order valence-electron chi connectivity index (χ2n) is 5.99. The van der Waals surface area contributed by atoms with Crippen molar-refractivity contribution in [2.24, 2.45) is 5.73 Å². The number of halogens is 2. The first-order chi connectivity index (χ1) is 11.8. The molecule has 0 bridgehead atoms. The van der Waals surface area contributed by atoms with Gasteiger partial charge in [-0.25, -0.2) is 0 Å². The van der Waals surface area contributed by atoms with Crippen molar-refractivity contribution in [3.63, 3.8) is 0 Å². The van der Waals surface area contributed by atoms with E-state index in [2.05, 4.69) is 0 Å². The summed E-state index contributed by atoms with van der Waals surface area (Å²) < 4.78 is 0. The summed E-state index contributed by atoms with van der Waals surface area (Å²) in [6.07, 6.45) is 0.125. The number of carbonyl (C=O) groups excluding carboxylic acids is 2. The molecule has 25 heavy (non-hydrogen) atoms. The van der Waals surface area contributed by atoms with E-state index >= 15 is 0 Å². The quantitative estimate of drug-likeness (QED) is 0.809. The number of rotatable bonds is 6. The topological polar surface area (TPSA) is 63.4 Å². The van der Waals surface area contributed by atoms with Crippen molar-refractivity contribution in [3.05, 3.63) is 58.1 Å². The predicted molar refractivity (Wildman–Crippen MR) is 102 cm³/mol. The number of benzene rings is 2. The van der Waals surface area contributed by atoms with Crippen LogP contribution in [0.15, 0.2) is 42.5 Å². The molecule has 2 rings (SSSR count). The summed E-state index contributed by atoms with van der Waals surface area (Å²) in [5.74, 6) is -0.601. The minimum atomic E-state index is -0.435. The average molecular weight is 379 g/mol. The summed E-state index contributed by atoms with van der Waals surface area (Å²) in [5, 5.41) is 1.04. The second kappa shape index (κ2) is 8.37. The van der Waals surface area contributed by atoms with Gasteiger partial charge in [0, 0.05) is 40.2 Å². The Morgan fingerprint density at radius 3 is 2.24 bits per heavy atom. The molecule has 0 fully saturated rings. The molecule has 0 unspecified atom stereocenters. The molecular formula is C19H20Cl2N2O2. The number of carbonyl (C=O) groups is 2. The van der Waals surface area contributed by atoms with Crippen molar-refractivity contribution in [1.29, 1.82) is 0 Å². The Kier molecular flexibility index (Phi) is 6.45. The van der Waals surface area contributed by atoms with Gasteiger partial charge in [0.25, 0.3) is 5.91 Å². The predicted octanol–water partition coefficient (Wildman–Crippen LogP) is 4.39. The number of nitrogens with zero attached hydrogens (tertiary/aromatic N) is 1. The van der Waals surface area contributed by atoms with Crippen LogP contribution in [-0.4, -0.2) is 29.3 Å². The van der Waals surface area contributed by atoms with Crippen molar-refractivity contribution in [1.82, 2.24) is 4.90 Å². The minimum Gasteiger partial charge on any atom is -0.370 e. The van der Waals surface area contributed by atoms with Crippen molar-refractivity contribution < 1.29 is 9.59 Å². The van der Waals surface area contributed by atoms with E-state index in [0.29, 0.717) is 21.2 Å². The number of hydrogen-bond acceptors (Lipinski definition) is 2. The fourth-order valence-corrected chi connectivity index (χ4v) is 3.19. The molecule has 0 aliphatic rings. The lowest BCUT2D eigenvalue weighted by Crippen LogP contribution is -2.39. The van der Waals surface area contributed by atoms with Crippen molar-refractivity contribution >= 4 is 35.0 Å². The first kappa shape index (κ1) is 19.3. The largest absolute Gasteiger partial charge is 0.370 e. The zero-order chi connectivity index (χ0) is 18.6. The van der Waals surface area contributed by atoms with Gasteiger partial charge in [0.1, 0.15) is 0 Å². The fraction of sp³-hybridized carbons (Fsp3) is 0.263.